The molecule has 0 bridgehead atoms. The lowest BCUT2D eigenvalue weighted by atomic mass is 9.89. The van der Waals surface area contributed by atoms with Crippen molar-refractivity contribution in [3.05, 3.63) is 81.7 Å². The van der Waals surface area contributed by atoms with Crippen LogP contribution in [0.25, 0.3) is 21.2 Å². The Hall–Kier alpha value is -2.76. The maximum absolute atomic E-state index is 14.7. The molecule has 3 aromatic carbocycles. The number of carbonyl (C=O) groups is 1. The summed E-state index contributed by atoms with van der Waals surface area (Å²) < 4.78 is 61.0. The van der Waals surface area contributed by atoms with E-state index in [9.17, 15) is 22.0 Å². The van der Waals surface area contributed by atoms with E-state index in [-0.39, 0.29) is 43.5 Å². The zero-order chi connectivity index (χ0) is 31.1. The summed E-state index contributed by atoms with van der Waals surface area (Å²) in [4.78, 5) is 16.2. The van der Waals surface area contributed by atoms with Gasteiger partial charge in [0.2, 0.25) is 0 Å². The molecule has 0 radical (unpaired) electrons. The molecule has 1 saturated carbocycles. The number of methoxy groups -OCH3 is 1. The lowest BCUT2D eigenvalue weighted by Gasteiger charge is -2.38. The summed E-state index contributed by atoms with van der Waals surface area (Å²) in [7, 11) is -0.0762. The fraction of sp³-hybridized carbons (Fsp3) is 0.323. The Balaban J connectivity index is 1.57. The molecule has 1 heterocycles. The van der Waals surface area contributed by atoms with Gasteiger partial charge in [0.15, 0.2) is 9.84 Å². The highest BCUT2D eigenvalue weighted by molar-refractivity contribution is 7.90. The van der Waals surface area contributed by atoms with E-state index in [0.717, 1.165) is 48.1 Å². The number of hydrogen-bond acceptors (Lipinski definition) is 6. The number of amides is 1. The first-order valence-electron chi connectivity index (χ1n) is 13.6. The van der Waals surface area contributed by atoms with Crippen LogP contribution in [-0.4, -0.2) is 56.1 Å². The van der Waals surface area contributed by atoms with E-state index in [1.54, 1.807) is 33.6 Å². The SMILES string of the molecule is COc1ccc(-c2cccc(S(C)(=O)=O)c2)cc1CN(C(=O)c1sc2c(F)ccc(F)c2c1Cl)C1CCC(N(C)Cl)CC1. The van der Waals surface area contributed by atoms with Crippen LogP contribution < -0.4 is 4.74 Å². The van der Waals surface area contributed by atoms with Crippen molar-refractivity contribution < 1.29 is 26.7 Å². The van der Waals surface area contributed by atoms with Crippen molar-refractivity contribution in [1.82, 2.24) is 9.32 Å². The minimum Gasteiger partial charge on any atom is -0.496 e. The number of thiophene rings is 1. The molecule has 1 amide bonds. The van der Waals surface area contributed by atoms with Crippen LogP contribution in [0.1, 0.15) is 40.9 Å². The Kier molecular flexibility index (Phi) is 9.34. The van der Waals surface area contributed by atoms with E-state index in [0.29, 0.717) is 29.7 Å². The molecule has 1 aliphatic carbocycles. The van der Waals surface area contributed by atoms with Crippen molar-refractivity contribution in [2.45, 2.75) is 49.2 Å². The molecular weight excluding hydrogens is 637 g/mol. The van der Waals surface area contributed by atoms with Crippen molar-refractivity contribution in [1.29, 1.82) is 0 Å². The van der Waals surface area contributed by atoms with Gasteiger partial charge in [0.1, 0.15) is 22.3 Å². The third kappa shape index (κ3) is 6.54. The highest BCUT2D eigenvalue weighted by atomic mass is 35.5. The average molecular weight is 668 g/mol. The fourth-order valence-corrected chi connectivity index (χ4v) is 8.00. The van der Waals surface area contributed by atoms with Gasteiger partial charge in [-0.1, -0.05) is 29.8 Å². The number of sulfone groups is 1. The van der Waals surface area contributed by atoms with Gasteiger partial charge in [-0.2, -0.15) is 0 Å². The van der Waals surface area contributed by atoms with Gasteiger partial charge in [-0.3, -0.25) is 4.79 Å². The standard InChI is InChI=1S/C31H30Cl2F2N2O4S2/c1-36(33)21-8-10-22(11-9-21)37(31(38)30-28(32)27-24(34)12-13-25(35)29(27)42-30)17-20-15-19(7-14-26(20)41-2)18-5-4-6-23(16-18)43(3,39)40/h4-7,12-16,21-22H,8-11,17H2,1-3H3. The highest BCUT2D eigenvalue weighted by Gasteiger charge is 2.34. The Morgan fingerprint density at radius 3 is 2.28 bits per heavy atom. The normalized spacial score (nSPS) is 17.4. The number of nitrogens with zero attached hydrogens (tertiary/aromatic N) is 2. The van der Waals surface area contributed by atoms with Crippen LogP contribution in [0.15, 0.2) is 59.5 Å². The number of carbonyl (C=O) groups excluding carboxylic acids is 1. The number of ether oxygens (including phenoxy) is 1. The maximum atomic E-state index is 14.7. The molecule has 1 fully saturated rings. The van der Waals surface area contributed by atoms with E-state index < -0.39 is 27.4 Å². The molecule has 0 unspecified atom stereocenters. The van der Waals surface area contributed by atoms with Gasteiger partial charge >= 0.3 is 0 Å². The third-order valence-corrected chi connectivity index (χ3v) is 11.0. The van der Waals surface area contributed by atoms with Crippen LogP contribution in [0.4, 0.5) is 8.78 Å². The summed E-state index contributed by atoms with van der Waals surface area (Å²) in [5, 5.41) is -0.216. The molecule has 5 rings (SSSR count). The van der Waals surface area contributed by atoms with E-state index >= 15 is 0 Å². The molecule has 0 saturated heterocycles. The molecule has 12 heteroatoms. The molecule has 43 heavy (non-hydrogen) atoms. The number of fused-ring (bicyclic) bond motifs is 1. The molecule has 0 atom stereocenters. The Bertz CT molecular complexity index is 1790. The summed E-state index contributed by atoms with van der Waals surface area (Å²) in [6, 6.07) is 14.1. The molecule has 1 aliphatic rings. The molecular formula is C31H30Cl2F2N2O4S2. The Labute approximate surface area is 263 Å². The topological polar surface area (TPSA) is 66.9 Å². The van der Waals surface area contributed by atoms with Crippen molar-refractivity contribution in [3.8, 4) is 16.9 Å². The van der Waals surface area contributed by atoms with Crippen LogP contribution >= 0.6 is 34.7 Å². The zero-order valence-electron chi connectivity index (χ0n) is 23.7. The van der Waals surface area contributed by atoms with Gasteiger partial charge < -0.3 is 9.64 Å². The Morgan fingerprint density at radius 1 is 1.00 bits per heavy atom. The highest BCUT2D eigenvalue weighted by Crippen LogP contribution is 2.41. The van der Waals surface area contributed by atoms with Gasteiger partial charge in [-0.25, -0.2) is 21.6 Å². The van der Waals surface area contributed by atoms with Gasteiger partial charge in [-0.05, 0) is 85.0 Å². The molecule has 4 aromatic rings. The minimum atomic E-state index is -3.42. The van der Waals surface area contributed by atoms with Crippen molar-refractivity contribution >= 4 is 60.5 Å². The number of halogens is 4. The first-order chi connectivity index (χ1) is 20.4. The molecule has 0 spiro atoms. The number of hydrogen-bond donors (Lipinski definition) is 0. The second kappa shape index (κ2) is 12.7. The van der Waals surface area contributed by atoms with Crippen LogP contribution in [0.2, 0.25) is 5.02 Å². The van der Waals surface area contributed by atoms with E-state index in [1.165, 1.54) is 7.11 Å². The lowest BCUT2D eigenvalue weighted by molar-refractivity contribution is 0.0589. The van der Waals surface area contributed by atoms with Gasteiger partial charge in [0, 0.05) is 37.5 Å². The summed E-state index contributed by atoms with van der Waals surface area (Å²) in [6.45, 7) is 0.128. The predicted molar refractivity (Wildman–Crippen MR) is 168 cm³/mol. The van der Waals surface area contributed by atoms with Crippen LogP contribution in [-0.2, 0) is 16.4 Å². The monoisotopic (exact) mass is 666 g/mol. The largest absolute Gasteiger partial charge is 0.496 e. The summed E-state index contributed by atoms with van der Waals surface area (Å²) in [6.07, 6.45) is 4.00. The van der Waals surface area contributed by atoms with Crippen LogP contribution in [0.3, 0.4) is 0 Å². The molecule has 228 valence electrons. The van der Waals surface area contributed by atoms with E-state index in [4.69, 9.17) is 28.1 Å². The first-order valence-corrected chi connectivity index (χ1v) is 17.0. The fourth-order valence-electron chi connectivity index (χ4n) is 5.63. The van der Waals surface area contributed by atoms with Gasteiger partial charge in [-0.15, -0.1) is 11.3 Å². The van der Waals surface area contributed by atoms with E-state index in [1.807, 2.05) is 25.2 Å². The smallest absolute Gasteiger partial charge is 0.266 e. The third-order valence-electron chi connectivity index (χ3n) is 7.96. The maximum Gasteiger partial charge on any atom is 0.266 e. The average Bonchev–Trinajstić information content (AvgIpc) is 3.35. The molecule has 0 N–H and O–H groups in total. The van der Waals surface area contributed by atoms with Gasteiger partial charge in [0.05, 0.1) is 27.1 Å². The number of rotatable bonds is 8. The number of benzene rings is 3. The second-order valence-corrected chi connectivity index (χ2v) is 14.7. The van der Waals surface area contributed by atoms with Gasteiger partial charge in [0.25, 0.3) is 5.91 Å². The van der Waals surface area contributed by atoms with Crippen molar-refractivity contribution in [2.75, 3.05) is 20.4 Å². The van der Waals surface area contributed by atoms with Crippen LogP contribution in [0.5, 0.6) is 5.75 Å². The summed E-state index contributed by atoms with van der Waals surface area (Å²) >= 11 is 13.6. The van der Waals surface area contributed by atoms with E-state index in [2.05, 4.69) is 0 Å². The summed E-state index contributed by atoms with van der Waals surface area (Å²) in [5.74, 6) is -1.24. The zero-order valence-corrected chi connectivity index (χ0v) is 26.9. The molecule has 0 aliphatic heterocycles. The van der Waals surface area contributed by atoms with Crippen molar-refractivity contribution in [2.24, 2.45) is 0 Å². The summed E-state index contributed by atoms with van der Waals surface area (Å²) in [5.41, 5.74) is 2.11. The van der Waals surface area contributed by atoms with Crippen LogP contribution in [0, 0.1) is 11.6 Å². The Morgan fingerprint density at radius 2 is 1.65 bits per heavy atom. The molecule has 6 nitrogen and oxygen atoms in total. The lowest BCUT2D eigenvalue weighted by Crippen LogP contribution is -2.44. The molecule has 1 aromatic heterocycles. The second-order valence-electron chi connectivity index (χ2n) is 10.7. The quantitative estimate of drug-likeness (QED) is 0.179. The van der Waals surface area contributed by atoms with Crippen molar-refractivity contribution in [3.63, 3.8) is 0 Å². The predicted octanol–water partition coefficient (Wildman–Crippen LogP) is 7.95. The minimum absolute atomic E-state index is 0.00823. The first kappa shape index (κ1) is 31.7.